The zero-order valence-electron chi connectivity index (χ0n) is 10.6. The first kappa shape index (κ1) is 12.2. The number of amidine groups is 1. The summed E-state index contributed by atoms with van der Waals surface area (Å²) >= 11 is 0. The highest BCUT2D eigenvalue weighted by Crippen LogP contribution is 2.21. The quantitative estimate of drug-likeness (QED) is 0.712. The first-order chi connectivity index (χ1) is 9.58. The van der Waals surface area contributed by atoms with Crippen LogP contribution in [0.15, 0.2) is 45.4 Å². The first-order valence-corrected chi connectivity index (χ1v) is 5.96. The van der Waals surface area contributed by atoms with Crippen molar-refractivity contribution in [1.82, 2.24) is 5.01 Å². The van der Waals surface area contributed by atoms with Crippen molar-refractivity contribution in [2.24, 2.45) is 26.7 Å². The molecular formula is C13H11N5O2. The molecule has 20 heavy (non-hydrogen) atoms. The Morgan fingerprint density at radius 1 is 1.15 bits per heavy atom. The number of guanidine groups is 1. The van der Waals surface area contributed by atoms with Gasteiger partial charge in [-0.05, 0) is 0 Å². The van der Waals surface area contributed by atoms with Crippen LogP contribution in [0.2, 0.25) is 0 Å². The van der Waals surface area contributed by atoms with Gasteiger partial charge in [-0.2, -0.15) is 15.1 Å². The molecule has 100 valence electrons. The fourth-order valence-electron chi connectivity index (χ4n) is 2.17. The third kappa shape index (κ3) is 1.80. The summed E-state index contributed by atoms with van der Waals surface area (Å²) in [5.41, 5.74) is 6.32. The van der Waals surface area contributed by atoms with Crippen LogP contribution >= 0.6 is 0 Å². The Morgan fingerprint density at radius 2 is 1.85 bits per heavy atom. The van der Waals surface area contributed by atoms with Gasteiger partial charge in [0.1, 0.15) is 11.5 Å². The molecule has 1 aromatic rings. The molecule has 0 aliphatic carbocycles. The Hall–Kier alpha value is -2.83. The molecule has 1 aromatic carbocycles. The number of hydrazone groups is 1. The summed E-state index contributed by atoms with van der Waals surface area (Å²) in [6, 6.07) is 8.96. The van der Waals surface area contributed by atoms with Crippen molar-refractivity contribution in [2.75, 3.05) is 7.05 Å². The molecule has 0 saturated carbocycles. The van der Waals surface area contributed by atoms with Gasteiger partial charge in [-0.25, -0.2) is 0 Å². The summed E-state index contributed by atoms with van der Waals surface area (Å²) in [7, 11) is 1.62. The third-order valence-corrected chi connectivity index (χ3v) is 3.08. The van der Waals surface area contributed by atoms with Crippen LogP contribution in [0.5, 0.6) is 0 Å². The molecule has 0 radical (unpaired) electrons. The highest BCUT2D eigenvalue weighted by atomic mass is 16.2. The van der Waals surface area contributed by atoms with E-state index in [0.29, 0.717) is 5.56 Å². The molecular weight excluding hydrogens is 258 g/mol. The molecule has 1 unspecified atom stereocenters. The monoisotopic (exact) mass is 269 g/mol. The van der Waals surface area contributed by atoms with Crippen LogP contribution in [0.1, 0.15) is 5.56 Å². The molecule has 2 N–H and O–H groups in total. The van der Waals surface area contributed by atoms with E-state index in [1.54, 1.807) is 31.3 Å². The van der Waals surface area contributed by atoms with Gasteiger partial charge in [-0.1, -0.05) is 30.3 Å². The van der Waals surface area contributed by atoms with Crippen LogP contribution in [0.4, 0.5) is 0 Å². The fourth-order valence-corrected chi connectivity index (χ4v) is 2.17. The summed E-state index contributed by atoms with van der Waals surface area (Å²) in [5.74, 6) is -2.01. The van der Waals surface area contributed by atoms with Crippen molar-refractivity contribution in [3.05, 3.63) is 35.9 Å². The van der Waals surface area contributed by atoms with Crippen molar-refractivity contribution in [3.63, 3.8) is 0 Å². The van der Waals surface area contributed by atoms with E-state index in [4.69, 9.17) is 5.73 Å². The van der Waals surface area contributed by atoms with Crippen LogP contribution in [0.25, 0.3) is 0 Å². The van der Waals surface area contributed by atoms with Gasteiger partial charge in [-0.3, -0.25) is 14.6 Å². The van der Waals surface area contributed by atoms with Crippen LogP contribution in [0, 0.1) is 5.92 Å². The molecule has 0 spiro atoms. The molecule has 1 atom stereocenters. The lowest BCUT2D eigenvalue weighted by molar-refractivity contribution is -0.126. The normalized spacial score (nSPS) is 21.9. The average Bonchev–Trinajstić information content (AvgIpc) is 2.43. The Bertz CT molecular complexity index is 690. The first-order valence-electron chi connectivity index (χ1n) is 5.96. The molecule has 3 rings (SSSR count). The second kappa shape index (κ2) is 4.37. The van der Waals surface area contributed by atoms with Gasteiger partial charge >= 0.3 is 0 Å². The van der Waals surface area contributed by atoms with Crippen molar-refractivity contribution in [3.8, 4) is 0 Å². The number of hydrogen-bond acceptors (Lipinski definition) is 6. The molecule has 0 bridgehead atoms. The SMILES string of the molecule is CN1N=C(c2ccccc2)C(=O)C2C(=O)N=C(N)N=C21. The summed E-state index contributed by atoms with van der Waals surface area (Å²) < 4.78 is 0. The van der Waals surface area contributed by atoms with Gasteiger partial charge in [0.2, 0.25) is 11.7 Å². The Balaban J connectivity index is 2.10. The van der Waals surface area contributed by atoms with E-state index < -0.39 is 17.6 Å². The number of aliphatic imine (C=N–C) groups is 2. The summed E-state index contributed by atoms with van der Waals surface area (Å²) in [5, 5.41) is 5.59. The van der Waals surface area contributed by atoms with Crippen LogP contribution in [-0.4, -0.2) is 41.3 Å². The van der Waals surface area contributed by atoms with E-state index in [0.717, 1.165) is 0 Å². The van der Waals surface area contributed by atoms with E-state index in [1.807, 2.05) is 6.07 Å². The zero-order chi connectivity index (χ0) is 14.3. The third-order valence-electron chi connectivity index (χ3n) is 3.08. The van der Waals surface area contributed by atoms with E-state index in [9.17, 15) is 9.59 Å². The van der Waals surface area contributed by atoms with Gasteiger partial charge in [0.05, 0.1) is 0 Å². The smallest absolute Gasteiger partial charge is 0.267 e. The zero-order valence-corrected chi connectivity index (χ0v) is 10.6. The molecule has 2 aliphatic rings. The standard InChI is InChI=1S/C13H11N5O2/c1-18-11-8(12(20)16-13(14)15-11)10(19)9(17-18)7-5-3-2-4-6-7/h2-6,8H,1H3,(H2,14,16,20). The van der Waals surface area contributed by atoms with Crippen molar-refractivity contribution in [2.45, 2.75) is 0 Å². The van der Waals surface area contributed by atoms with Crippen molar-refractivity contribution < 1.29 is 9.59 Å². The predicted octanol–water partition coefficient (Wildman–Crippen LogP) is -0.225. The average molecular weight is 269 g/mol. The number of rotatable bonds is 1. The number of Topliss-reactive ketones (excluding diaryl/α,β-unsaturated/α-hetero) is 1. The molecule has 1 amide bonds. The predicted molar refractivity (Wildman–Crippen MR) is 73.3 cm³/mol. The number of fused-ring (bicyclic) bond motifs is 1. The summed E-state index contributed by atoms with van der Waals surface area (Å²) in [4.78, 5) is 31.9. The minimum Gasteiger partial charge on any atom is -0.368 e. The van der Waals surface area contributed by atoms with Crippen LogP contribution in [-0.2, 0) is 9.59 Å². The second-order valence-corrected chi connectivity index (χ2v) is 4.41. The number of amides is 1. The summed E-state index contributed by atoms with van der Waals surface area (Å²) in [6.45, 7) is 0. The van der Waals surface area contributed by atoms with Crippen molar-refractivity contribution >= 4 is 29.2 Å². The van der Waals surface area contributed by atoms with Gasteiger partial charge in [-0.15, -0.1) is 0 Å². The number of benzene rings is 1. The van der Waals surface area contributed by atoms with E-state index >= 15 is 0 Å². The largest absolute Gasteiger partial charge is 0.368 e. The van der Waals surface area contributed by atoms with Crippen LogP contribution in [0.3, 0.4) is 0 Å². The minimum absolute atomic E-state index is 0.153. The maximum Gasteiger partial charge on any atom is 0.267 e. The van der Waals surface area contributed by atoms with Gasteiger partial charge in [0.15, 0.2) is 5.92 Å². The van der Waals surface area contributed by atoms with Gasteiger partial charge < -0.3 is 5.73 Å². The number of hydrogen-bond donors (Lipinski definition) is 1. The summed E-state index contributed by atoms with van der Waals surface area (Å²) in [6.07, 6.45) is 0. The maximum atomic E-state index is 12.5. The molecule has 2 heterocycles. The molecule has 2 aliphatic heterocycles. The number of carbonyl (C=O) groups is 2. The van der Waals surface area contributed by atoms with E-state index in [2.05, 4.69) is 15.1 Å². The maximum absolute atomic E-state index is 12.5. The Kier molecular flexibility index (Phi) is 2.67. The molecule has 7 heteroatoms. The van der Waals surface area contributed by atoms with Crippen molar-refractivity contribution in [1.29, 1.82) is 0 Å². The lowest BCUT2D eigenvalue weighted by Crippen LogP contribution is -2.49. The Labute approximate surface area is 114 Å². The van der Waals surface area contributed by atoms with Gasteiger partial charge in [0.25, 0.3) is 5.91 Å². The van der Waals surface area contributed by atoms with E-state index in [-0.39, 0.29) is 17.5 Å². The topological polar surface area (TPSA) is 100 Å². The molecule has 0 saturated heterocycles. The Morgan fingerprint density at radius 3 is 2.55 bits per heavy atom. The number of ketones is 1. The van der Waals surface area contributed by atoms with Crippen LogP contribution < -0.4 is 5.73 Å². The molecule has 0 aromatic heterocycles. The minimum atomic E-state index is -1.06. The van der Waals surface area contributed by atoms with E-state index in [1.165, 1.54) is 5.01 Å². The molecule has 7 nitrogen and oxygen atoms in total. The highest BCUT2D eigenvalue weighted by Gasteiger charge is 2.42. The number of carbonyl (C=O) groups excluding carboxylic acids is 2. The fraction of sp³-hybridized carbons (Fsp3) is 0.154. The number of nitrogens with two attached hydrogens (primary N) is 1. The number of nitrogens with zero attached hydrogens (tertiary/aromatic N) is 4. The lowest BCUT2D eigenvalue weighted by Gasteiger charge is -2.29. The lowest BCUT2D eigenvalue weighted by atomic mass is 9.92. The molecule has 0 fully saturated rings. The van der Waals surface area contributed by atoms with Gasteiger partial charge in [0, 0.05) is 12.6 Å². The second-order valence-electron chi connectivity index (χ2n) is 4.41. The highest BCUT2D eigenvalue weighted by molar-refractivity contribution is 6.54.